The van der Waals surface area contributed by atoms with Crippen molar-refractivity contribution in [2.45, 2.75) is 173 Å². The van der Waals surface area contributed by atoms with Crippen molar-refractivity contribution in [2.24, 2.45) is 28.1 Å². The monoisotopic (exact) mass is 780 g/mol. The molecule has 5 N–H and O–H groups in total. The number of aromatic hydroxyl groups is 1. The third-order valence-electron chi connectivity index (χ3n) is 15.5. The third-order valence-corrected chi connectivity index (χ3v) is 15.5. The number of hydrogen-bond acceptors (Lipinski definition) is 10. The van der Waals surface area contributed by atoms with E-state index < -0.39 is 40.7 Å². The van der Waals surface area contributed by atoms with Gasteiger partial charge in [0.05, 0.1) is 12.7 Å². The minimum Gasteiger partial charge on any atom is -0.504 e. The number of hydrogen-bond donors (Lipinski definition) is 5. The largest absolute Gasteiger partial charge is 0.504 e. The Bertz CT molecular complexity index is 1560. The van der Waals surface area contributed by atoms with Gasteiger partial charge in [0.2, 0.25) is 5.91 Å². The van der Waals surface area contributed by atoms with Crippen LogP contribution in [0.5, 0.6) is 11.5 Å². The molecule has 1 aromatic rings. The molecule has 0 radical (unpaired) electrons. The molecule has 0 unspecified atom stereocenters. The van der Waals surface area contributed by atoms with E-state index in [2.05, 4.69) is 10.6 Å². The first-order valence-electron chi connectivity index (χ1n) is 22.1. The minimum atomic E-state index is -1.09. The number of rotatable bonds is 14. The fourth-order valence-electron chi connectivity index (χ4n) is 12.2. The van der Waals surface area contributed by atoms with Crippen LogP contribution < -0.4 is 15.4 Å². The molecule has 5 fully saturated rings. The first-order valence-corrected chi connectivity index (χ1v) is 22.1. The molecule has 312 valence electrons. The molecule has 0 aromatic heterocycles. The van der Waals surface area contributed by atoms with Crippen LogP contribution in [0.3, 0.4) is 0 Å². The smallest absolute Gasteiger partial charge is 0.332 e. The fraction of sp³-hybridized carbons (Fsp3) is 0.800. The number of benzene rings is 1. The molecule has 11 heteroatoms. The molecular weight excluding hydrogens is 712 g/mol. The van der Waals surface area contributed by atoms with E-state index in [4.69, 9.17) is 14.2 Å². The van der Waals surface area contributed by atoms with Gasteiger partial charge in [-0.15, -0.1) is 0 Å². The molecule has 3 aliphatic heterocycles. The lowest BCUT2D eigenvalue weighted by atomic mass is 9.61. The Kier molecular flexibility index (Phi) is 12.6. The average Bonchev–Trinajstić information content (AvgIpc) is 3.87. The highest BCUT2D eigenvalue weighted by atomic mass is 16.6. The van der Waals surface area contributed by atoms with Crippen molar-refractivity contribution >= 4 is 17.8 Å². The predicted octanol–water partition coefficient (Wildman–Crippen LogP) is 6.20. The number of phenolic OH excluding ortho intramolecular Hbond substituents is 1. The van der Waals surface area contributed by atoms with Gasteiger partial charge >= 0.3 is 11.9 Å². The summed E-state index contributed by atoms with van der Waals surface area (Å²) in [6, 6.07) is 3.70. The zero-order chi connectivity index (χ0) is 39.6. The Hall–Kier alpha value is -2.89. The number of aliphatic hydroxyl groups is 2. The highest BCUT2D eigenvalue weighted by Gasteiger charge is 2.60. The maximum Gasteiger partial charge on any atom is 0.332 e. The van der Waals surface area contributed by atoms with E-state index in [1.165, 1.54) is 6.92 Å². The maximum atomic E-state index is 15.1. The molecule has 1 aromatic carbocycles. The first-order chi connectivity index (χ1) is 26.9. The molecule has 0 bridgehead atoms. The molecule has 6 atom stereocenters. The van der Waals surface area contributed by atoms with Crippen molar-refractivity contribution in [1.82, 2.24) is 10.6 Å². The summed E-state index contributed by atoms with van der Waals surface area (Å²) >= 11 is 0. The van der Waals surface area contributed by atoms with Gasteiger partial charge in [-0.1, -0.05) is 44.6 Å². The molecule has 3 aliphatic carbocycles. The van der Waals surface area contributed by atoms with Crippen LogP contribution in [-0.4, -0.2) is 83.3 Å². The summed E-state index contributed by atoms with van der Waals surface area (Å²) in [5, 5.41) is 38.7. The van der Waals surface area contributed by atoms with Crippen molar-refractivity contribution in [2.75, 3.05) is 26.3 Å². The number of fused-ring (bicyclic) bond motifs is 2. The Labute approximate surface area is 333 Å². The topological polar surface area (TPSA) is 164 Å². The predicted molar refractivity (Wildman–Crippen MR) is 211 cm³/mol. The lowest BCUT2D eigenvalue weighted by molar-refractivity contribution is -0.181. The Balaban J connectivity index is 1.25. The second-order valence-corrected chi connectivity index (χ2v) is 19.0. The van der Waals surface area contributed by atoms with Crippen molar-refractivity contribution < 1.29 is 43.9 Å². The van der Waals surface area contributed by atoms with E-state index in [0.717, 1.165) is 88.2 Å². The Morgan fingerprint density at radius 1 is 0.946 bits per heavy atom. The summed E-state index contributed by atoms with van der Waals surface area (Å²) in [6.45, 7) is 5.17. The lowest BCUT2D eigenvalue weighted by Gasteiger charge is -2.52. The molecule has 6 aliphatic rings. The van der Waals surface area contributed by atoms with Crippen LogP contribution >= 0.6 is 0 Å². The Morgan fingerprint density at radius 3 is 2.36 bits per heavy atom. The molecule has 1 spiro atoms. The number of carbonyl (C=O) groups excluding carboxylic acids is 3. The van der Waals surface area contributed by atoms with Crippen molar-refractivity contribution in [1.29, 1.82) is 0 Å². The van der Waals surface area contributed by atoms with E-state index >= 15 is 4.79 Å². The standard InChI is InChI=1S/C45H68N2O9/c1-30(49)10-9-12-35(55-31(2)50)25-38(56-41(53)45-19-4-3-11-33(45)27-43(40(52)47-45)15-5-6-16-43)42(20-22-46-23-21-42)26-32-13-14-37(51)39-36(32)24-34(28-54-39)44(29-48)17-7-8-18-44/h13-14,30,33-35,38,46,48-49,51H,3-12,15-29H2,1-2H3,(H,47,52)/t30-,33-,34-,35+,38+,45+/m0/s1. The fourth-order valence-corrected chi connectivity index (χ4v) is 12.2. The number of piperidine rings is 2. The molecule has 11 nitrogen and oxygen atoms in total. The first kappa shape index (κ1) is 41.3. The lowest BCUT2D eigenvalue weighted by Crippen LogP contribution is -2.68. The van der Waals surface area contributed by atoms with Gasteiger partial charge in [-0.05, 0) is 133 Å². The number of nitrogens with one attached hydrogen (secondary N) is 2. The zero-order valence-corrected chi connectivity index (χ0v) is 34.0. The molecule has 2 saturated heterocycles. The normalized spacial score (nSPS) is 29.2. The number of amides is 1. The van der Waals surface area contributed by atoms with Gasteiger partial charge in [-0.25, -0.2) is 4.79 Å². The van der Waals surface area contributed by atoms with E-state index in [9.17, 15) is 24.9 Å². The van der Waals surface area contributed by atoms with Crippen LogP contribution in [-0.2, 0) is 36.7 Å². The van der Waals surface area contributed by atoms with Gasteiger partial charge in [0.15, 0.2) is 11.5 Å². The summed E-state index contributed by atoms with van der Waals surface area (Å²) in [5.41, 5.74) is -0.239. The van der Waals surface area contributed by atoms with Gasteiger partial charge in [-0.2, -0.15) is 0 Å². The quantitative estimate of drug-likeness (QED) is 0.137. The SMILES string of the molecule is CC(=O)O[C@H](CCC[C@H](C)O)C[C@@H](OC(=O)[C@@]12CCCC[C@H]1CC1(CCCC1)C(=O)N2)C1(Cc2ccc(O)c3c2C[C@H](C2(CO)CCCC2)CO3)CCNCC1. The van der Waals surface area contributed by atoms with Crippen LogP contribution in [0.15, 0.2) is 12.1 Å². The van der Waals surface area contributed by atoms with Crippen molar-refractivity contribution in [3.8, 4) is 11.5 Å². The van der Waals surface area contributed by atoms with Crippen LogP contribution in [0, 0.1) is 28.1 Å². The number of carbonyl (C=O) groups is 3. The molecule has 3 heterocycles. The average molecular weight is 781 g/mol. The van der Waals surface area contributed by atoms with Gasteiger partial charge in [0.25, 0.3) is 0 Å². The van der Waals surface area contributed by atoms with Gasteiger partial charge in [0, 0.05) is 42.3 Å². The van der Waals surface area contributed by atoms with E-state index in [0.29, 0.717) is 83.2 Å². The zero-order valence-electron chi connectivity index (χ0n) is 34.0. The van der Waals surface area contributed by atoms with Crippen LogP contribution in [0.1, 0.15) is 147 Å². The van der Waals surface area contributed by atoms with Gasteiger partial charge in [0.1, 0.15) is 17.7 Å². The molecule has 7 rings (SSSR count). The molecule has 1 amide bonds. The summed E-state index contributed by atoms with van der Waals surface area (Å²) in [7, 11) is 0. The number of aliphatic hydroxyl groups excluding tert-OH is 2. The molecular formula is C45H68N2O9. The van der Waals surface area contributed by atoms with E-state index in [1.54, 1.807) is 13.0 Å². The summed E-state index contributed by atoms with van der Waals surface area (Å²) in [4.78, 5) is 41.7. The summed E-state index contributed by atoms with van der Waals surface area (Å²) in [6.07, 6.45) is 14.9. The number of phenols is 1. The van der Waals surface area contributed by atoms with Crippen LogP contribution in [0.25, 0.3) is 0 Å². The second-order valence-electron chi connectivity index (χ2n) is 19.0. The summed E-state index contributed by atoms with van der Waals surface area (Å²) < 4.78 is 19.3. The van der Waals surface area contributed by atoms with Gasteiger partial charge in [-0.3, -0.25) is 9.59 Å². The number of esters is 2. The van der Waals surface area contributed by atoms with Gasteiger partial charge < -0.3 is 40.2 Å². The van der Waals surface area contributed by atoms with Crippen molar-refractivity contribution in [3.63, 3.8) is 0 Å². The van der Waals surface area contributed by atoms with E-state index in [1.807, 2.05) is 6.07 Å². The van der Waals surface area contributed by atoms with Crippen LogP contribution in [0.4, 0.5) is 0 Å². The maximum absolute atomic E-state index is 15.1. The van der Waals surface area contributed by atoms with Crippen molar-refractivity contribution in [3.05, 3.63) is 23.3 Å². The number of ether oxygens (including phenoxy) is 3. The molecule has 3 saturated carbocycles. The third kappa shape index (κ3) is 8.20. The minimum absolute atomic E-state index is 0.00216. The highest BCUT2D eigenvalue weighted by Crippen LogP contribution is 2.54. The summed E-state index contributed by atoms with van der Waals surface area (Å²) in [5.74, 6) is -0.0214. The van der Waals surface area contributed by atoms with E-state index in [-0.39, 0.29) is 41.5 Å². The Morgan fingerprint density at radius 2 is 1.66 bits per heavy atom. The van der Waals surface area contributed by atoms with Crippen LogP contribution in [0.2, 0.25) is 0 Å². The highest BCUT2D eigenvalue weighted by molar-refractivity contribution is 5.93. The molecule has 56 heavy (non-hydrogen) atoms. The second kappa shape index (κ2) is 17.1.